The Morgan fingerprint density at radius 1 is 1.38 bits per heavy atom. The zero-order valence-electron chi connectivity index (χ0n) is 11.4. The van der Waals surface area contributed by atoms with E-state index in [0.29, 0.717) is 32.0 Å². The molecule has 0 aliphatic carbocycles. The van der Waals surface area contributed by atoms with Crippen LogP contribution in [-0.4, -0.2) is 37.0 Å². The van der Waals surface area contributed by atoms with E-state index in [9.17, 15) is 10.1 Å². The molecule has 2 saturated heterocycles. The molecule has 0 atom stereocenters. The predicted molar refractivity (Wildman–Crippen MR) is 73.9 cm³/mol. The first-order valence-corrected chi connectivity index (χ1v) is 6.86. The Bertz CT molecular complexity index is 605. The van der Waals surface area contributed by atoms with Gasteiger partial charge in [0.25, 0.3) is 0 Å². The molecule has 7 nitrogen and oxygen atoms in total. The zero-order valence-corrected chi connectivity index (χ0v) is 11.4. The standard InChI is InChI=1S/C14H15N3O4/c15-9-11-3-1-4-12(13(11)17(18)19)16-6-2-5-14(10-16)20-7-8-21-14/h1,3-4H,2,5-8,10H2. The second-order valence-electron chi connectivity index (χ2n) is 5.17. The first-order chi connectivity index (χ1) is 10.2. The third-order valence-corrected chi connectivity index (χ3v) is 3.89. The number of nitro groups is 1. The van der Waals surface area contributed by atoms with E-state index in [1.54, 1.807) is 12.1 Å². The summed E-state index contributed by atoms with van der Waals surface area (Å²) in [6, 6.07) is 6.69. The van der Waals surface area contributed by atoms with Crippen LogP contribution in [-0.2, 0) is 9.47 Å². The van der Waals surface area contributed by atoms with E-state index in [-0.39, 0.29) is 11.3 Å². The number of nitro benzene ring substituents is 1. The van der Waals surface area contributed by atoms with Crippen molar-refractivity contribution in [2.24, 2.45) is 0 Å². The number of nitrogens with zero attached hydrogens (tertiary/aromatic N) is 3. The van der Waals surface area contributed by atoms with Crippen LogP contribution in [0.2, 0.25) is 0 Å². The number of rotatable bonds is 2. The second kappa shape index (κ2) is 5.31. The molecule has 1 aromatic rings. The highest BCUT2D eigenvalue weighted by Crippen LogP contribution is 2.37. The Morgan fingerprint density at radius 2 is 2.14 bits per heavy atom. The maximum Gasteiger partial charge on any atom is 0.310 e. The Morgan fingerprint density at radius 3 is 2.81 bits per heavy atom. The van der Waals surface area contributed by atoms with Crippen LogP contribution in [0.1, 0.15) is 18.4 Å². The van der Waals surface area contributed by atoms with Crippen LogP contribution >= 0.6 is 0 Å². The molecule has 0 radical (unpaired) electrons. The largest absolute Gasteiger partial charge is 0.361 e. The molecule has 2 heterocycles. The highest BCUT2D eigenvalue weighted by molar-refractivity contribution is 5.70. The van der Waals surface area contributed by atoms with Gasteiger partial charge in [0, 0.05) is 13.0 Å². The Labute approximate surface area is 121 Å². The lowest BCUT2D eigenvalue weighted by atomic mass is 10.0. The fourth-order valence-corrected chi connectivity index (χ4v) is 3.00. The summed E-state index contributed by atoms with van der Waals surface area (Å²) in [6.45, 7) is 2.23. The quantitative estimate of drug-likeness (QED) is 0.609. The van der Waals surface area contributed by atoms with E-state index < -0.39 is 10.7 Å². The highest BCUT2D eigenvalue weighted by atomic mass is 16.7. The SMILES string of the molecule is N#Cc1cccc(N2CCCC3(C2)OCCO3)c1[N+](=O)[O-]. The van der Waals surface area contributed by atoms with Crippen molar-refractivity contribution in [3.63, 3.8) is 0 Å². The van der Waals surface area contributed by atoms with Gasteiger partial charge in [0.2, 0.25) is 0 Å². The number of anilines is 1. The molecule has 2 fully saturated rings. The molecule has 0 unspecified atom stereocenters. The molecule has 0 aromatic heterocycles. The van der Waals surface area contributed by atoms with Crippen molar-refractivity contribution in [1.29, 1.82) is 5.26 Å². The maximum atomic E-state index is 11.3. The van der Waals surface area contributed by atoms with Crippen LogP contribution in [0.4, 0.5) is 11.4 Å². The lowest BCUT2D eigenvalue weighted by Crippen LogP contribution is -2.49. The Kier molecular flexibility index (Phi) is 3.49. The third-order valence-electron chi connectivity index (χ3n) is 3.89. The molecule has 2 aliphatic rings. The summed E-state index contributed by atoms with van der Waals surface area (Å²) in [4.78, 5) is 12.7. The molecular weight excluding hydrogens is 274 g/mol. The van der Waals surface area contributed by atoms with E-state index >= 15 is 0 Å². The summed E-state index contributed by atoms with van der Waals surface area (Å²) in [5, 5.41) is 20.4. The van der Waals surface area contributed by atoms with Crippen LogP contribution in [0.5, 0.6) is 0 Å². The number of hydrogen-bond donors (Lipinski definition) is 0. The van der Waals surface area contributed by atoms with Crippen molar-refractivity contribution in [2.75, 3.05) is 31.2 Å². The molecule has 0 N–H and O–H groups in total. The molecule has 110 valence electrons. The smallest absolute Gasteiger partial charge is 0.310 e. The Hall–Kier alpha value is -2.17. The van der Waals surface area contributed by atoms with Gasteiger partial charge in [-0.3, -0.25) is 10.1 Å². The summed E-state index contributed by atoms with van der Waals surface area (Å²) in [5.74, 6) is -0.658. The fourth-order valence-electron chi connectivity index (χ4n) is 3.00. The van der Waals surface area contributed by atoms with Gasteiger partial charge in [-0.2, -0.15) is 5.26 Å². The molecule has 1 spiro atoms. The third kappa shape index (κ3) is 2.44. The lowest BCUT2D eigenvalue weighted by molar-refractivity contribution is -0.384. The van der Waals surface area contributed by atoms with Gasteiger partial charge >= 0.3 is 5.69 Å². The van der Waals surface area contributed by atoms with Crippen molar-refractivity contribution >= 4 is 11.4 Å². The van der Waals surface area contributed by atoms with Crippen molar-refractivity contribution in [1.82, 2.24) is 0 Å². The van der Waals surface area contributed by atoms with Crippen LogP contribution in [0.15, 0.2) is 18.2 Å². The summed E-state index contributed by atoms with van der Waals surface area (Å²) in [5.41, 5.74) is 0.387. The van der Waals surface area contributed by atoms with Gasteiger partial charge in [0.05, 0.1) is 24.7 Å². The lowest BCUT2D eigenvalue weighted by Gasteiger charge is -2.39. The van der Waals surface area contributed by atoms with Crippen LogP contribution < -0.4 is 4.90 Å². The highest BCUT2D eigenvalue weighted by Gasteiger charge is 2.42. The topological polar surface area (TPSA) is 88.6 Å². The van der Waals surface area contributed by atoms with E-state index in [0.717, 1.165) is 12.8 Å². The first-order valence-electron chi connectivity index (χ1n) is 6.86. The summed E-state index contributed by atoms with van der Waals surface area (Å²) in [6.07, 6.45) is 1.61. The number of piperidine rings is 1. The normalized spacial score (nSPS) is 20.4. The molecule has 0 saturated carbocycles. The molecule has 2 aliphatic heterocycles. The van der Waals surface area contributed by atoms with Crippen molar-refractivity contribution in [2.45, 2.75) is 18.6 Å². The van der Waals surface area contributed by atoms with Crippen molar-refractivity contribution < 1.29 is 14.4 Å². The maximum absolute atomic E-state index is 11.3. The Balaban J connectivity index is 1.97. The predicted octanol–water partition coefficient (Wildman–Crippen LogP) is 1.81. The minimum absolute atomic E-state index is 0.0744. The zero-order chi connectivity index (χ0) is 14.9. The minimum Gasteiger partial charge on any atom is -0.361 e. The van der Waals surface area contributed by atoms with Gasteiger partial charge in [-0.1, -0.05) is 6.07 Å². The summed E-state index contributed by atoms with van der Waals surface area (Å²) in [7, 11) is 0. The average Bonchev–Trinajstić information content (AvgIpc) is 2.94. The molecule has 21 heavy (non-hydrogen) atoms. The average molecular weight is 289 g/mol. The van der Waals surface area contributed by atoms with Crippen LogP contribution in [0.25, 0.3) is 0 Å². The summed E-state index contributed by atoms with van der Waals surface area (Å²) < 4.78 is 11.4. The second-order valence-corrected chi connectivity index (χ2v) is 5.17. The van der Waals surface area contributed by atoms with Gasteiger partial charge in [0.15, 0.2) is 5.79 Å². The molecule has 0 amide bonds. The molecular formula is C14H15N3O4. The number of ether oxygens (including phenoxy) is 2. The van der Waals surface area contributed by atoms with Crippen molar-refractivity contribution in [3.8, 4) is 6.07 Å². The van der Waals surface area contributed by atoms with E-state index in [2.05, 4.69) is 0 Å². The molecule has 1 aromatic carbocycles. The van der Waals surface area contributed by atoms with Gasteiger partial charge in [0.1, 0.15) is 17.3 Å². The molecule has 0 bridgehead atoms. The number of para-hydroxylation sites is 1. The fraction of sp³-hybridized carbons (Fsp3) is 0.500. The van der Waals surface area contributed by atoms with E-state index in [1.165, 1.54) is 6.07 Å². The monoisotopic (exact) mass is 289 g/mol. The van der Waals surface area contributed by atoms with Gasteiger partial charge < -0.3 is 14.4 Å². The van der Waals surface area contributed by atoms with Gasteiger partial charge in [-0.05, 0) is 18.6 Å². The van der Waals surface area contributed by atoms with Crippen molar-refractivity contribution in [3.05, 3.63) is 33.9 Å². The van der Waals surface area contributed by atoms with E-state index in [4.69, 9.17) is 14.7 Å². The number of benzene rings is 1. The molecule has 7 heteroatoms. The van der Waals surface area contributed by atoms with Crippen LogP contribution in [0, 0.1) is 21.4 Å². The number of nitriles is 1. The number of hydrogen-bond acceptors (Lipinski definition) is 6. The molecule has 3 rings (SSSR count). The van der Waals surface area contributed by atoms with Gasteiger partial charge in [-0.15, -0.1) is 0 Å². The minimum atomic E-state index is -0.658. The van der Waals surface area contributed by atoms with Gasteiger partial charge in [-0.25, -0.2) is 0 Å². The van der Waals surface area contributed by atoms with Crippen LogP contribution in [0.3, 0.4) is 0 Å². The summed E-state index contributed by atoms with van der Waals surface area (Å²) >= 11 is 0. The van der Waals surface area contributed by atoms with E-state index in [1.807, 2.05) is 11.0 Å². The first kappa shape index (κ1) is 13.8.